The van der Waals surface area contributed by atoms with Crippen LogP contribution in [0.3, 0.4) is 0 Å². The Kier molecular flexibility index (Phi) is 6.98. The van der Waals surface area contributed by atoms with Gasteiger partial charge in [-0.3, -0.25) is 5.10 Å². The summed E-state index contributed by atoms with van der Waals surface area (Å²) in [6.45, 7) is 3.01. The van der Waals surface area contributed by atoms with E-state index in [1.54, 1.807) is 12.1 Å². The number of hydrogen-bond donors (Lipinski definition) is 2. The van der Waals surface area contributed by atoms with E-state index in [1.165, 1.54) is 13.2 Å². The van der Waals surface area contributed by atoms with E-state index < -0.39 is 18.1 Å². The Hall–Kier alpha value is -2.22. The van der Waals surface area contributed by atoms with Crippen LogP contribution in [0.1, 0.15) is 47.8 Å². The number of nitrogens with zero attached hydrogens (tertiary/aromatic N) is 1. The van der Waals surface area contributed by atoms with Gasteiger partial charge in [0.2, 0.25) is 0 Å². The number of alkyl halides is 4. The molecule has 1 aromatic heterocycles. The van der Waals surface area contributed by atoms with Crippen LogP contribution in [-0.4, -0.2) is 40.4 Å². The van der Waals surface area contributed by atoms with E-state index in [9.17, 15) is 23.1 Å². The second-order valence-electron chi connectivity index (χ2n) is 6.61. The molecule has 0 aliphatic carbocycles. The van der Waals surface area contributed by atoms with Crippen molar-refractivity contribution in [3.63, 3.8) is 0 Å². The van der Waals surface area contributed by atoms with Crippen LogP contribution in [0.15, 0.2) is 18.2 Å². The molecule has 2 aromatic rings. The summed E-state index contributed by atoms with van der Waals surface area (Å²) in [4.78, 5) is 11.6. The van der Waals surface area contributed by atoms with Gasteiger partial charge in [-0.05, 0) is 30.5 Å². The van der Waals surface area contributed by atoms with E-state index in [0.29, 0.717) is 34.6 Å². The minimum Gasteiger partial charge on any atom is -0.496 e. The maximum atomic E-state index is 12.8. The number of aromatic nitrogens is 2. The maximum absolute atomic E-state index is 12.8. The lowest BCUT2D eigenvalue weighted by Gasteiger charge is -2.17. The third-order valence-corrected chi connectivity index (χ3v) is 5.10. The van der Waals surface area contributed by atoms with Gasteiger partial charge in [-0.2, -0.15) is 18.3 Å². The lowest BCUT2D eigenvalue weighted by atomic mass is 9.91. The number of halogens is 4. The summed E-state index contributed by atoms with van der Waals surface area (Å²) >= 11 is 6.02. The van der Waals surface area contributed by atoms with Crippen molar-refractivity contribution < 1.29 is 27.8 Å². The molecule has 0 saturated heterocycles. The fourth-order valence-electron chi connectivity index (χ4n) is 3.03. The number of H-pyrrole nitrogens is 1. The number of aromatic amines is 1. The lowest BCUT2D eigenvalue weighted by Crippen LogP contribution is -2.21. The number of carboxylic acid groups (broad SMARTS) is 1. The topological polar surface area (TPSA) is 75.2 Å². The van der Waals surface area contributed by atoms with Crippen molar-refractivity contribution in [3.8, 4) is 17.0 Å². The minimum atomic E-state index is -4.29. The summed E-state index contributed by atoms with van der Waals surface area (Å²) < 4.78 is 43.9. The van der Waals surface area contributed by atoms with Gasteiger partial charge in [0, 0.05) is 22.9 Å². The molecule has 0 amide bonds. The first kappa shape index (κ1) is 22.1. The molecule has 0 spiro atoms. The van der Waals surface area contributed by atoms with Crippen LogP contribution in [0.5, 0.6) is 5.75 Å². The molecule has 154 valence electrons. The smallest absolute Gasteiger partial charge is 0.391 e. The number of aromatic carboxylic acids is 1. The predicted octanol–water partition coefficient (Wildman–Crippen LogP) is 5.26. The number of rotatable bonds is 8. The quantitative estimate of drug-likeness (QED) is 0.573. The third-order valence-electron chi connectivity index (χ3n) is 4.73. The number of ether oxygens (including phenoxy) is 1. The van der Waals surface area contributed by atoms with Crippen molar-refractivity contribution in [3.05, 3.63) is 35.0 Å². The van der Waals surface area contributed by atoms with E-state index >= 15 is 0 Å². The summed E-state index contributed by atoms with van der Waals surface area (Å²) in [7, 11) is 1.40. The molecule has 0 bridgehead atoms. The molecule has 0 fully saturated rings. The fraction of sp³-hybridized carbons (Fsp3) is 0.474. The van der Waals surface area contributed by atoms with Gasteiger partial charge in [0.15, 0.2) is 0 Å². The molecule has 28 heavy (non-hydrogen) atoms. The van der Waals surface area contributed by atoms with E-state index in [-0.39, 0.29) is 23.9 Å². The molecular weight excluding hydrogens is 397 g/mol. The summed E-state index contributed by atoms with van der Waals surface area (Å²) in [6.07, 6.45) is -3.88. The first-order chi connectivity index (χ1) is 13.1. The Morgan fingerprint density at radius 1 is 1.39 bits per heavy atom. The summed E-state index contributed by atoms with van der Waals surface area (Å²) in [5.41, 5.74) is 1.73. The average Bonchev–Trinajstić information content (AvgIpc) is 3.07. The van der Waals surface area contributed by atoms with Gasteiger partial charge in [0.1, 0.15) is 17.1 Å². The van der Waals surface area contributed by atoms with Crippen LogP contribution >= 0.6 is 11.6 Å². The van der Waals surface area contributed by atoms with E-state index in [0.717, 1.165) is 6.92 Å². The van der Waals surface area contributed by atoms with Gasteiger partial charge < -0.3 is 9.84 Å². The Morgan fingerprint density at radius 2 is 2.07 bits per heavy atom. The molecule has 0 aliphatic rings. The molecule has 0 aliphatic heterocycles. The van der Waals surface area contributed by atoms with Crippen molar-refractivity contribution >= 4 is 17.6 Å². The zero-order chi connectivity index (χ0) is 21.1. The zero-order valence-electron chi connectivity index (χ0n) is 15.7. The SMILES string of the molecule is CC[C@@H](CCl)c1c(-c2ccc(C[C@@H](C)C(F)(F)F)cc2OC)n[nH]c1C(=O)O. The average molecular weight is 419 g/mol. The molecule has 2 rings (SSSR count). The Bertz CT molecular complexity index is 832. The number of carboxylic acids is 1. The lowest BCUT2D eigenvalue weighted by molar-refractivity contribution is -0.169. The summed E-state index contributed by atoms with van der Waals surface area (Å²) in [5.74, 6) is -2.39. The molecule has 5 nitrogen and oxygen atoms in total. The highest BCUT2D eigenvalue weighted by Gasteiger charge is 2.36. The van der Waals surface area contributed by atoms with Crippen LogP contribution in [-0.2, 0) is 6.42 Å². The largest absolute Gasteiger partial charge is 0.496 e. The summed E-state index contributed by atoms with van der Waals surface area (Å²) in [5, 5.41) is 16.1. The van der Waals surface area contributed by atoms with Crippen molar-refractivity contribution in [2.45, 2.75) is 38.8 Å². The Balaban J connectivity index is 2.52. The van der Waals surface area contributed by atoms with Gasteiger partial charge in [0.05, 0.1) is 13.0 Å². The highest BCUT2D eigenvalue weighted by atomic mass is 35.5. The van der Waals surface area contributed by atoms with Gasteiger partial charge in [-0.25, -0.2) is 4.79 Å². The van der Waals surface area contributed by atoms with Gasteiger partial charge in [-0.1, -0.05) is 19.9 Å². The zero-order valence-corrected chi connectivity index (χ0v) is 16.5. The van der Waals surface area contributed by atoms with E-state index in [1.807, 2.05) is 6.92 Å². The number of benzene rings is 1. The molecule has 0 radical (unpaired) electrons. The fourth-order valence-corrected chi connectivity index (χ4v) is 3.41. The summed E-state index contributed by atoms with van der Waals surface area (Å²) in [6, 6.07) is 4.70. The number of methoxy groups -OCH3 is 1. The Labute approximate surface area is 165 Å². The standard InChI is InChI=1S/C19H22ClF3N2O3/c1-4-12(9-20)15-16(24-25-17(15)18(26)27)13-6-5-11(8-14(13)28-3)7-10(2)19(21,22)23/h5-6,8,10,12H,4,7,9H2,1-3H3,(H,24,25)(H,26,27)/t10-,12+/m1/s1. The van der Waals surface area contributed by atoms with E-state index in [2.05, 4.69) is 10.2 Å². The molecule has 0 unspecified atom stereocenters. The maximum Gasteiger partial charge on any atom is 0.391 e. The predicted molar refractivity (Wildman–Crippen MR) is 100 cm³/mol. The van der Waals surface area contributed by atoms with Crippen LogP contribution in [0.2, 0.25) is 0 Å². The second-order valence-corrected chi connectivity index (χ2v) is 6.92. The molecular formula is C19H22ClF3N2O3. The number of hydrogen-bond acceptors (Lipinski definition) is 3. The third kappa shape index (κ3) is 4.60. The molecule has 1 aromatic carbocycles. The molecule has 1 heterocycles. The van der Waals surface area contributed by atoms with Crippen molar-refractivity contribution in [1.29, 1.82) is 0 Å². The van der Waals surface area contributed by atoms with Crippen LogP contribution < -0.4 is 4.74 Å². The van der Waals surface area contributed by atoms with Gasteiger partial charge >= 0.3 is 12.1 Å². The number of carbonyl (C=O) groups is 1. The highest BCUT2D eigenvalue weighted by molar-refractivity contribution is 6.18. The van der Waals surface area contributed by atoms with Crippen LogP contribution in [0.4, 0.5) is 13.2 Å². The molecule has 2 N–H and O–H groups in total. The van der Waals surface area contributed by atoms with Crippen LogP contribution in [0.25, 0.3) is 11.3 Å². The second kappa shape index (κ2) is 8.86. The normalized spacial score (nSPS) is 14.0. The molecule has 0 saturated carbocycles. The van der Waals surface area contributed by atoms with E-state index in [4.69, 9.17) is 16.3 Å². The van der Waals surface area contributed by atoms with Gasteiger partial charge in [-0.15, -0.1) is 11.6 Å². The highest BCUT2D eigenvalue weighted by Crippen LogP contribution is 2.38. The van der Waals surface area contributed by atoms with Crippen molar-refractivity contribution in [2.24, 2.45) is 5.92 Å². The monoisotopic (exact) mass is 418 g/mol. The Morgan fingerprint density at radius 3 is 2.57 bits per heavy atom. The van der Waals surface area contributed by atoms with Crippen molar-refractivity contribution in [2.75, 3.05) is 13.0 Å². The number of nitrogens with one attached hydrogen (secondary N) is 1. The van der Waals surface area contributed by atoms with Crippen LogP contribution in [0, 0.1) is 5.92 Å². The van der Waals surface area contributed by atoms with Crippen molar-refractivity contribution in [1.82, 2.24) is 10.2 Å². The first-order valence-corrected chi connectivity index (χ1v) is 9.28. The molecule has 9 heteroatoms. The molecule has 2 atom stereocenters. The first-order valence-electron chi connectivity index (χ1n) is 8.75. The van der Waals surface area contributed by atoms with Gasteiger partial charge in [0.25, 0.3) is 0 Å². The minimum absolute atomic E-state index is 0.0562.